The Morgan fingerprint density at radius 3 is 2.00 bits per heavy atom. The second-order valence-electron chi connectivity index (χ2n) is 2.91. The first-order valence-electron chi connectivity index (χ1n) is 4.24. The molecule has 0 spiro atoms. The van der Waals surface area contributed by atoms with Crippen molar-refractivity contribution in [2.45, 2.75) is 3.79 Å². The average Bonchev–Trinajstić information content (AvgIpc) is 2.25. The minimum atomic E-state index is -2.13. The predicted octanol–water partition coefficient (Wildman–Crippen LogP) is 2.47. The van der Waals surface area contributed by atoms with Crippen LogP contribution in [0.5, 0.6) is 0 Å². The van der Waals surface area contributed by atoms with E-state index in [1.54, 1.807) is 0 Å². The Morgan fingerprint density at radius 2 is 1.53 bits per heavy atom. The lowest BCUT2D eigenvalue weighted by Crippen LogP contribution is -2.46. The van der Waals surface area contributed by atoms with Gasteiger partial charge in [-0.05, 0) is 24.3 Å². The van der Waals surface area contributed by atoms with Crippen molar-refractivity contribution in [1.82, 2.24) is 10.9 Å². The summed E-state index contributed by atoms with van der Waals surface area (Å²) >= 11 is 21.5. The standard InChI is InChI=1S/C9H6Cl4N2O2/c10-6-3-1-5(2-4-6)7(16)14-15-8(17)9(11,12)13/h1-4H,(H,14,16)(H,15,17). The predicted molar refractivity (Wildman–Crippen MR) is 67.4 cm³/mol. The van der Waals surface area contributed by atoms with Crippen LogP contribution >= 0.6 is 46.4 Å². The molecule has 2 amide bonds. The summed E-state index contributed by atoms with van der Waals surface area (Å²) in [6, 6.07) is 6.04. The first kappa shape index (κ1) is 14.4. The molecule has 8 heteroatoms. The lowest BCUT2D eigenvalue weighted by molar-refractivity contribution is -0.120. The largest absolute Gasteiger partial charge is 0.290 e. The molecule has 0 radical (unpaired) electrons. The van der Waals surface area contributed by atoms with E-state index in [1.807, 2.05) is 5.43 Å². The number of hydrogen-bond donors (Lipinski definition) is 2. The van der Waals surface area contributed by atoms with Crippen LogP contribution in [0.25, 0.3) is 0 Å². The molecule has 0 aliphatic rings. The van der Waals surface area contributed by atoms with E-state index in [1.165, 1.54) is 24.3 Å². The van der Waals surface area contributed by atoms with E-state index >= 15 is 0 Å². The summed E-state index contributed by atoms with van der Waals surface area (Å²) in [6.45, 7) is 0. The van der Waals surface area contributed by atoms with Crippen molar-refractivity contribution < 1.29 is 9.59 Å². The van der Waals surface area contributed by atoms with Gasteiger partial charge in [-0.2, -0.15) is 0 Å². The molecule has 4 nitrogen and oxygen atoms in total. The summed E-state index contributed by atoms with van der Waals surface area (Å²) in [7, 11) is 0. The monoisotopic (exact) mass is 314 g/mol. The van der Waals surface area contributed by atoms with E-state index in [4.69, 9.17) is 46.4 Å². The Hall–Kier alpha value is -0.680. The van der Waals surface area contributed by atoms with Gasteiger partial charge in [0.1, 0.15) is 0 Å². The molecule has 0 aromatic heterocycles. The molecule has 0 saturated heterocycles. The van der Waals surface area contributed by atoms with Gasteiger partial charge in [0.2, 0.25) is 0 Å². The molecule has 0 atom stereocenters. The molecular weight excluding hydrogens is 310 g/mol. The number of rotatable bonds is 1. The minimum absolute atomic E-state index is 0.305. The second kappa shape index (κ2) is 5.78. The normalized spacial score (nSPS) is 10.8. The third-order valence-electron chi connectivity index (χ3n) is 1.65. The first-order chi connectivity index (χ1) is 7.80. The number of carbonyl (C=O) groups is 2. The molecule has 0 saturated carbocycles. The van der Waals surface area contributed by atoms with Crippen LogP contribution in [0.2, 0.25) is 5.02 Å². The van der Waals surface area contributed by atoms with Crippen molar-refractivity contribution >= 4 is 58.2 Å². The molecule has 0 fully saturated rings. The van der Waals surface area contributed by atoms with E-state index in [2.05, 4.69) is 5.43 Å². The Balaban J connectivity index is 2.56. The smallest absolute Gasteiger partial charge is 0.268 e. The molecule has 0 bridgehead atoms. The molecule has 0 heterocycles. The summed E-state index contributed by atoms with van der Waals surface area (Å²) in [4.78, 5) is 22.6. The summed E-state index contributed by atoms with van der Waals surface area (Å²) in [6.07, 6.45) is 0. The van der Waals surface area contributed by atoms with Crippen LogP contribution in [-0.2, 0) is 4.79 Å². The number of halogens is 4. The van der Waals surface area contributed by atoms with Crippen LogP contribution in [-0.4, -0.2) is 15.6 Å². The Kier molecular flexibility index (Phi) is 4.89. The van der Waals surface area contributed by atoms with Crippen LogP contribution in [0, 0.1) is 0 Å². The zero-order chi connectivity index (χ0) is 13.1. The molecule has 0 unspecified atom stereocenters. The van der Waals surface area contributed by atoms with E-state index in [-0.39, 0.29) is 0 Å². The molecule has 1 aromatic rings. The third-order valence-corrected chi connectivity index (χ3v) is 2.42. The fourth-order valence-electron chi connectivity index (χ4n) is 0.858. The quantitative estimate of drug-likeness (QED) is 0.618. The van der Waals surface area contributed by atoms with Gasteiger partial charge in [0.05, 0.1) is 0 Å². The lowest BCUT2D eigenvalue weighted by Gasteiger charge is -2.12. The Labute approximate surface area is 117 Å². The van der Waals surface area contributed by atoms with Gasteiger partial charge >= 0.3 is 0 Å². The number of carbonyl (C=O) groups excluding carboxylic acids is 2. The van der Waals surface area contributed by atoms with Gasteiger partial charge in [-0.15, -0.1) is 0 Å². The van der Waals surface area contributed by atoms with Crippen LogP contribution in [0.3, 0.4) is 0 Å². The van der Waals surface area contributed by atoms with E-state index in [0.29, 0.717) is 10.6 Å². The van der Waals surface area contributed by atoms with Crippen LogP contribution in [0.4, 0.5) is 0 Å². The SMILES string of the molecule is O=C(NNC(=O)C(Cl)(Cl)Cl)c1ccc(Cl)cc1. The number of amides is 2. The van der Waals surface area contributed by atoms with Crippen molar-refractivity contribution in [3.05, 3.63) is 34.9 Å². The zero-order valence-corrected chi connectivity index (χ0v) is 11.2. The second-order valence-corrected chi connectivity index (χ2v) is 5.63. The zero-order valence-electron chi connectivity index (χ0n) is 8.14. The highest BCUT2D eigenvalue weighted by atomic mass is 35.6. The maximum Gasteiger partial charge on any atom is 0.290 e. The number of nitrogens with one attached hydrogen (secondary N) is 2. The molecule has 0 aliphatic heterocycles. The van der Waals surface area contributed by atoms with Crippen molar-refractivity contribution in [3.8, 4) is 0 Å². The fraction of sp³-hybridized carbons (Fsp3) is 0.111. The molecular formula is C9H6Cl4N2O2. The average molecular weight is 316 g/mol. The molecule has 92 valence electrons. The number of alkyl halides is 3. The lowest BCUT2D eigenvalue weighted by atomic mass is 10.2. The highest BCUT2D eigenvalue weighted by molar-refractivity contribution is 6.76. The molecule has 1 rings (SSSR count). The van der Waals surface area contributed by atoms with Crippen LogP contribution < -0.4 is 10.9 Å². The third kappa shape index (κ3) is 4.60. The molecule has 17 heavy (non-hydrogen) atoms. The molecule has 0 aliphatic carbocycles. The van der Waals surface area contributed by atoms with Crippen molar-refractivity contribution in [3.63, 3.8) is 0 Å². The van der Waals surface area contributed by atoms with Gasteiger partial charge < -0.3 is 0 Å². The Bertz CT molecular complexity index is 428. The number of benzene rings is 1. The summed E-state index contributed by atoms with van der Waals surface area (Å²) < 4.78 is -2.13. The van der Waals surface area contributed by atoms with Gasteiger partial charge in [0.25, 0.3) is 15.6 Å². The van der Waals surface area contributed by atoms with Gasteiger partial charge in [-0.3, -0.25) is 20.4 Å². The van der Waals surface area contributed by atoms with Crippen LogP contribution in [0.1, 0.15) is 10.4 Å². The van der Waals surface area contributed by atoms with E-state index in [9.17, 15) is 9.59 Å². The fourth-order valence-corrected chi connectivity index (χ4v) is 1.13. The van der Waals surface area contributed by atoms with Crippen molar-refractivity contribution in [2.24, 2.45) is 0 Å². The highest BCUT2D eigenvalue weighted by Gasteiger charge is 2.30. The summed E-state index contributed by atoms with van der Waals surface area (Å²) in [5.74, 6) is -1.51. The van der Waals surface area contributed by atoms with E-state index < -0.39 is 15.6 Å². The van der Waals surface area contributed by atoms with Gasteiger partial charge in [-0.1, -0.05) is 46.4 Å². The Morgan fingerprint density at radius 1 is 1.00 bits per heavy atom. The van der Waals surface area contributed by atoms with Gasteiger partial charge in [0, 0.05) is 10.6 Å². The molecule has 1 aromatic carbocycles. The van der Waals surface area contributed by atoms with Gasteiger partial charge in [-0.25, -0.2) is 0 Å². The first-order valence-corrected chi connectivity index (χ1v) is 5.75. The molecule has 2 N–H and O–H groups in total. The summed E-state index contributed by atoms with van der Waals surface area (Å²) in [5, 5.41) is 0.492. The maximum atomic E-state index is 11.5. The van der Waals surface area contributed by atoms with Crippen molar-refractivity contribution in [2.75, 3.05) is 0 Å². The van der Waals surface area contributed by atoms with Crippen LogP contribution in [0.15, 0.2) is 24.3 Å². The van der Waals surface area contributed by atoms with E-state index in [0.717, 1.165) is 0 Å². The maximum absolute atomic E-state index is 11.5. The minimum Gasteiger partial charge on any atom is -0.268 e. The highest BCUT2D eigenvalue weighted by Crippen LogP contribution is 2.25. The number of hydrazine groups is 1. The topological polar surface area (TPSA) is 58.2 Å². The van der Waals surface area contributed by atoms with Gasteiger partial charge in [0.15, 0.2) is 0 Å². The number of hydrogen-bond acceptors (Lipinski definition) is 2. The van der Waals surface area contributed by atoms with Crippen molar-refractivity contribution in [1.29, 1.82) is 0 Å². The summed E-state index contributed by atoms with van der Waals surface area (Å²) in [5.41, 5.74) is 4.36.